The Morgan fingerprint density at radius 2 is 2.14 bits per heavy atom. The minimum atomic E-state index is -0.171. The van der Waals surface area contributed by atoms with Crippen molar-refractivity contribution in [3.05, 3.63) is 35.9 Å². The molecule has 0 spiro atoms. The fourth-order valence-corrected chi connectivity index (χ4v) is 2.65. The third-order valence-corrected chi connectivity index (χ3v) is 3.83. The summed E-state index contributed by atoms with van der Waals surface area (Å²) in [7, 11) is 0. The fraction of sp³-hybridized carbons (Fsp3) is 0.471. The molecule has 1 fully saturated rings. The van der Waals surface area contributed by atoms with Crippen LogP contribution < -0.4 is 10.6 Å². The van der Waals surface area contributed by atoms with Gasteiger partial charge in [-0.25, -0.2) is 4.79 Å². The first-order valence-corrected chi connectivity index (χ1v) is 7.49. The van der Waals surface area contributed by atoms with Crippen molar-refractivity contribution >= 4 is 6.03 Å². The summed E-state index contributed by atoms with van der Waals surface area (Å²) in [6.45, 7) is 4.26. The lowest BCUT2D eigenvalue weighted by atomic mass is 10.1. The number of urea groups is 1. The summed E-state index contributed by atoms with van der Waals surface area (Å²) < 4.78 is 0. The van der Waals surface area contributed by atoms with Gasteiger partial charge in [0.2, 0.25) is 0 Å². The quantitative estimate of drug-likeness (QED) is 0.778. The zero-order chi connectivity index (χ0) is 14.9. The van der Waals surface area contributed by atoms with Crippen molar-refractivity contribution in [2.75, 3.05) is 32.7 Å². The van der Waals surface area contributed by atoms with Crippen molar-refractivity contribution in [2.45, 2.75) is 12.8 Å². The highest BCUT2D eigenvalue weighted by atomic mass is 16.2. The topological polar surface area (TPSA) is 44.4 Å². The van der Waals surface area contributed by atoms with Crippen LogP contribution in [-0.4, -0.2) is 43.7 Å². The third kappa shape index (κ3) is 5.49. The molecule has 1 aliphatic heterocycles. The van der Waals surface area contributed by atoms with E-state index in [0.29, 0.717) is 5.92 Å². The first-order chi connectivity index (χ1) is 10.3. The summed E-state index contributed by atoms with van der Waals surface area (Å²) in [5.74, 6) is 2.92. The van der Waals surface area contributed by atoms with E-state index in [0.717, 1.165) is 39.0 Å². The van der Waals surface area contributed by atoms with Gasteiger partial charge >= 0.3 is 6.03 Å². The molecule has 112 valence electrons. The maximum atomic E-state index is 11.4. The van der Waals surface area contributed by atoms with Gasteiger partial charge in [-0.3, -0.25) is 0 Å². The molecule has 2 amide bonds. The molecule has 0 radical (unpaired) electrons. The summed E-state index contributed by atoms with van der Waals surface area (Å²) in [4.78, 5) is 13.9. The molecule has 0 aliphatic carbocycles. The number of likely N-dealkylation sites (tertiary alicyclic amines) is 1. The molecule has 1 heterocycles. The fourth-order valence-electron chi connectivity index (χ4n) is 2.65. The Morgan fingerprint density at radius 1 is 1.33 bits per heavy atom. The Labute approximate surface area is 126 Å². The highest BCUT2D eigenvalue weighted by molar-refractivity contribution is 5.74. The normalized spacial score (nSPS) is 18.1. The average Bonchev–Trinajstić information content (AvgIpc) is 2.98. The van der Waals surface area contributed by atoms with Crippen LogP contribution in [-0.2, 0) is 6.42 Å². The first kappa shape index (κ1) is 15.4. The van der Waals surface area contributed by atoms with Crippen molar-refractivity contribution in [1.29, 1.82) is 0 Å². The van der Waals surface area contributed by atoms with Crippen LogP contribution in [0.5, 0.6) is 0 Å². The lowest BCUT2D eigenvalue weighted by Crippen LogP contribution is -2.39. The van der Waals surface area contributed by atoms with E-state index in [9.17, 15) is 4.79 Å². The van der Waals surface area contributed by atoms with Crippen LogP contribution in [0.4, 0.5) is 4.79 Å². The van der Waals surface area contributed by atoms with Crippen LogP contribution >= 0.6 is 0 Å². The van der Waals surface area contributed by atoms with Crippen LogP contribution in [0.15, 0.2) is 30.3 Å². The average molecular weight is 285 g/mol. The molecule has 1 atom stereocenters. The number of benzene rings is 1. The monoisotopic (exact) mass is 285 g/mol. The Balaban J connectivity index is 1.62. The summed E-state index contributed by atoms with van der Waals surface area (Å²) in [6, 6.07) is 10.4. The summed E-state index contributed by atoms with van der Waals surface area (Å²) in [5, 5.41) is 5.50. The largest absolute Gasteiger partial charge is 0.338 e. The molecule has 4 nitrogen and oxygen atoms in total. The van der Waals surface area contributed by atoms with E-state index in [1.54, 1.807) is 0 Å². The number of amides is 2. The predicted octanol–water partition coefficient (Wildman–Crippen LogP) is 1.48. The minimum absolute atomic E-state index is 0.171. The van der Waals surface area contributed by atoms with Crippen molar-refractivity contribution in [3.63, 3.8) is 0 Å². The standard InChI is InChI=1S/C17H23N3O/c1-2-10-18-17(21)19-13-16-9-12-20(14-16)11-8-15-6-4-3-5-7-15/h1,3-7,16H,8-14H2,(H2,18,19,21)/t16-/m1/s1. The number of nitrogens with zero attached hydrogens (tertiary/aromatic N) is 1. The van der Waals surface area contributed by atoms with Crippen molar-refractivity contribution in [2.24, 2.45) is 5.92 Å². The molecule has 1 aromatic rings. The van der Waals surface area contributed by atoms with Gasteiger partial charge in [-0.15, -0.1) is 6.42 Å². The van der Waals surface area contributed by atoms with E-state index in [-0.39, 0.29) is 12.6 Å². The second kappa shape index (κ2) is 8.33. The van der Waals surface area contributed by atoms with Crippen molar-refractivity contribution in [1.82, 2.24) is 15.5 Å². The molecule has 1 aromatic carbocycles. The molecule has 2 rings (SSSR count). The summed E-state index contributed by atoms with van der Waals surface area (Å²) >= 11 is 0. The van der Waals surface area contributed by atoms with Crippen LogP contribution in [0.3, 0.4) is 0 Å². The van der Waals surface area contributed by atoms with Gasteiger partial charge in [-0.2, -0.15) is 0 Å². The molecule has 0 unspecified atom stereocenters. The highest BCUT2D eigenvalue weighted by Crippen LogP contribution is 2.15. The van der Waals surface area contributed by atoms with Gasteiger partial charge in [-0.1, -0.05) is 36.3 Å². The number of terminal acetylenes is 1. The lowest BCUT2D eigenvalue weighted by molar-refractivity contribution is 0.239. The summed E-state index contributed by atoms with van der Waals surface area (Å²) in [6.07, 6.45) is 7.33. The number of carbonyl (C=O) groups excluding carboxylic acids is 1. The number of hydrogen-bond acceptors (Lipinski definition) is 2. The van der Waals surface area contributed by atoms with E-state index in [4.69, 9.17) is 6.42 Å². The Hall–Kier alpha value is -1.99. The molecule has 1 aliphatic rings. The molecule has 0 saturated carbocycles. The van der Waals surface area contributed by atoms with Gasteiger partial charge in [0.25, 0.3) is 0 Å². The summed E-state index contributed by atoms with van der Waals surface area (Å²) in [5.41, 5.74) is 1.38. The predicted molar refractivity (Wildman–Crippen MR) is 84.9 cm³/mol. The number of carbonyl (C=O) groups is 1. The number of rotatable bonds is 6. The minimum Gasteiger partial charge on any atom is -0.338 e. The van der Waals surface area contributed by atoms with Gasteiger partial charge < -0.3 is 15.5 Å². The van der Waals surface area contributed by atoms with Gasteiger partial charge in [0, 0.05) is 19.6 Å². The molecule has 4 heteroatoms. The van der Waals surface area contributed by atoms with Crippen LogP contribution in [0.25, 0.3) is 0 Å². The molecule has 0 aromatic heterocycles. The van der Waals surface area contributed by atoms with E-state index < -0.39 is 0 Å². The second-order valence-corrected chi connectivity index (χ2v) is 5.46. The smallest absolute Gasteiger partial charge is 0.315 e. The molecule has 2 N–H and O–H groups in total. The Kier molecular flexibility index (Phi) is 6.11. The van der Waals surface area contributed by atoms with Gasteiger partial charge in [-0.05, 0) is 30.9 Å². The zero-order valence-corrected chi connectivity index (χ0v) is 12.3. The molecule has 21 heavy (non-hydrogen) atoms. The van der Waals surface area contributed by atoms with Gasteiger partial charge in [0.05, 0.1) is 6.54 Å². The zero-order valence-electron chi connectivity index (χ0n) is 12.3. The Bertz CT molecular complexity index is 481. The van der Waals surface area contributed by atoms with E-state index in [1.165, 1.54) is 5.56 Å². The molecule has 1 saturated heterocycles. The molecule has 0 bridgehead atoms. The molecular weight excluding hydrogens is 262 g/mol. The maximum absolute atomic E-state index is 11.4. The van der Waals surface area contributed by atoms with E-state index in [2.05, 4.69) is 45.7 Å². The Morgan fingerprint density at radius 3 is 2.90 bits per heavy atom. The number of nitrogens with one attached hydrogen (secondary N) is 2. The van der Waals surface area contributed by atoms with E-state index in [1.807, 2.05) is 6.07 Å². The SMILES string of the molecule is C#CCNC(=O)NC[C@H]1CCN(CCc2ccccc2)C1. The van der Waals surface area contributed by atoms with Crippen LogP contribution in [0.1, 0.15) is 12.0 Å². The second-order valence-electron chi connectivity index (χ2n) is 5.46. The molecular formula is C17H23N3O. The number of hydrogen-bond donors (Lipinski definition) is 2. The van der Waals surface area contributed by atoms with E-state index >= 15 is 0 Å². The first-order valence-electron chi connectivity index (χ1n) is 7.49. The van der Waals surface area contributed by atoms with Crippen LogP contribution in [0, 0.1) is 18.3 Å². The van der Waals surface area contributed by atoms with Crippen molar-refractivity contribution in [3.8, 4) is 12.3 Å². The highest BCUT2D eigenvalue weighted by Gasteiger charge is 2.22. The van der Waals surface area contributed by atoms with Gasteiger partial charge in [0.15, 0.2) is 0 Å². The van der Waals surface area contributed by atoms with Gasteiger partial charge in [0.1, 0.15) is 0 Å². The lowest BCUT2D eigenvalue weighted by Gasteiger charge is -2.16. The third-order valence-electron chi connectivity index (χ3n) is 3.83. The van der Waals surface area contributed by atoms with Crippen molar-refractivity contribution < 1.29 is 4.79 Å². The maximum Gasteiger partial charge on any atom is 0.315 e. The van der Waals surface area contributed by atoms with Crippen LogP contribution in [0.2, 0.25) is 0 Å².